The van der Waals surface area contributed by atoms with E-state index in [9.17, 15) is 15.0 Å². The molecule has 2 fully saturated rings. The van der Waals surface area contributed by atoms with Gasteiger partial charge in [-0.1, -0.05) is 80.9 Å². The van der Waals surface area contributed by atoms with Crippen molar-refractivity contribution in [3.05, 3.63) is 59.3 Å². The molecule has 0 aromatic heterocycles. The first-order valence-electron chi connectivity index (χ1n) is 15.6. The summed E-state index contributed by atoms with van der Waals surface area (Å²) in [6, 6.07) is 0. The van der Waals surface area contributed by atoms with Gasteiger partial charge in [-0.2, -0.15) is 0 Å². The number of aliphatic hydroxyl groups is 1. The molecule has 1 spiro atoms. The minimum atomic E-state index is -0.682. The lowest BCUT2D eigenvalue weighted by Crippen LogP contribution is -2.47. The number of aliphatic hydroxyl groups excluding tert-OH is 1. The highest BCUT2D eigenvalue weighted by Gasteiger charge is 2.45. The zero-order valence-electron chi connectivity index (χ0n) is 24.9. The zero-order chi connectivity index (χ0) is 28.2. The highest BCUT2D eigenvalue weighted by atomic mass is 16.5. The number of aliphatic carboxylic acids is 1. The monoisotopic (exact) mass is 536 g/mol. The molecule has 3 aliphatic carbocycles. The van der Waals surface area contributed by atoms with Gasteiger partial charge in [0.15, 0.2) is 0 Å². The van der Waals surface area contributed by atoms with Crippen LogP contribution in [0.5, 0.6) is 0 Å². The molecule has 0 radical (unpaired) electrons. The average molecular weight is 537 g/mol. The Morgan fingerprint density at radius 1 is 1.31 bits per heavy atom. The Hall–Kier alpha value is -1.91. The van der Waals surface area contributed by atoms with E-state index in [1.165, 1.54) is 11.1 Å². The molecule has 216 valence electrons. The van der Waals surface area contributed by atoms with Gasteiger partial charge in [-0.3, -0.25) is 4.79 Å². The summed E-state index contributed by atoms with van der Waals surface area (Å²) in [6.07, 6.45) is 25.1. The van der Waals surface area contributed by atoms with Gasteiger partial charge >= 0.3 is 5.97 Å². The van der Waals surface area contributed by atoms with Crippen LogP contribution < -0.4 is 0 Å². The van der Waals surface area contributed by atoms with Crippen molar-refractivity contribution in [1.82, 2.24) is 0 Å². The van der Waals surface area contributed by atoms with Gasteiger partial charge in [0.1, 0.15) is 0 Å². The van der Waals surface area contributed by atoms with E-state index in [1.54, 1.807) is 0 Å². The summed E-state index contributed by atoms with van der Waals surface area (Å²) in [5.74, 6) is 1.15. The molecule has 0 saturated heterocycles. The SMILES string of the molecule is CCC(C)C1CC=CC2(CC(C/C=C(\C)CC/C=C/C=C3\CCC4C(O)C(C)=CC(C)C34)CC(C(=O)O)C2)O1. The van der Waals surface area contributed by atoms with Crippen LogP contribution in [-0.2, 0) is 9.53 Å². The molecule has 4 rings (SSSR count). The summed E-state index contributed by atoms with van der Waals surface area (Å²) >= 11 is 0. The van der Waals surface area contributed by atoms with Crippen LogP contribution in [0.2, 0.25) is 0 Å². The molecular weight excluding hydrogens is 484 g/mol. The largest absolute Gasteiger partial charge is 0.481 e. The number of hydrogen-bond acceptors (Lipinski definition) is 3. The lowest BCUT2D eigenvalue weighted by molar-refractivity contribution is -0.157. The number of allylic oxidation sites excluding steroid dienone is 7. The van der Waals surface area contributed by atoms with Gasteiger partial charge in [0.2, 0.25) is 0 Å². The molecule has 0 aromatic rings. The molecule has 4 aliphatic rings. The van der Waals surface area contributed by atoms with Gasteiger partial charge in [0.25, 0.3) is 0 Å². The Labute approximate surface area is 237 Å². The molecule has 1 heterocycles. The summed E-state index contributed by atoms with van der Waals surface area (Å²) in [5.41, 5.74) is 3.59. The van der Waals surface area contributed by atoms with Crippen LogP contribution in [0.3, 0.4) is 0 Å². The van der Waals surface area contributed by atoms with Gasteiger partial charge < -0.3 is 14.9 Å². The fourth-order valence-electron chi connectivity index (χ4n) is 7.83. The predicted octanol–water partition coefficient (Wildman–Crippen LogP) is 8.20. The number of carboxylic acid groups (broad SMARTS) is 1. The predicted molar refractivity (Wildman–Crippen MR) is 159 cm³/mol. The third-order valence-electron chi connectivity index (χ3n) is 10.2. The Balaban J connectivity index is 1.30. The minimum absolute atomic E-state index is 0.189. The number of carbonyl (C=O) groups is 1. The summed E-state index contributed by atoms with van der Waals surface area (Å²) in [5, 5.41) is 20.5. The standard InChI is InChI=1S/C35H52O4/c1-6-24(3)31-13-10-18-35(39-31)21-27(20-29(22-35)34(37)38)15-14-23(2)11-8-7-9-12-28-16-17-30-32(28)25(4)19-26(5)33(30)36/h7,9-10,12,14,18-19,24-25,27,29-33,36H,6,8,11,13,15-17,20-22H2,1-5H3,(H,37,38)/b9-7+,23-14+,28-12+. The van der Waals surface area contributed by atoms with E-state index in [2.05, 4.69) is 77.2 Å². The maximum atomic E-state index is 12.0. The smallest absolute Gasteiger partial charge is 0.306 e. The quantitative estimate of drug-likeness (QED) is 0.292. The average Bonchev–Trinajstić information content (AvgIpc) is 3.34. The highest BCUT2D eigenvalue weighted by Crippen LogP contribution is 2.48. The first-order chi connectivity index (χ1) is 18.6. The van der Waals surface area contributed by atoms with Crippen LogP contribution in [0, 0.1) is 35.5 Å². The Morgan fingerprint density at radius 3 is 2.85 bits per heavy atom. The molecule has 9 atom stereocenters. The number of ether oxygens (including phenoxy) is 1. The molecule has 2 N–H and O–H groups in total. The summed E-state index contributed by atoms with van der Waals surface area (Å²) in [7, 11) is 0. The van der Waals surface area contributed by atoms with Gasteiger partial charge in [0.05, 0.1) is 23.7 Å². The minimum Gasteiger partial charge on any atom is -0.481 e. The molecule has 1 aliphatic heterocycles. The second-order valence-corrected chi connectivity index (χ2v) is 13.2. The summed E-state index contributed by atoms with van der Waals surface area (Å²) in [4.78, 5) is 12.0. The van der Waals surface area contributed by atoms with Crippen molar-refractivity contribution >= 4 is 5.97 Å². The number of carboxylic acids is 1. The fourth-order valence-corrected chi connectivity index (χ4v) is 7.83. The van der Waals surface area contributed by atoms with E-state index >= 15 is 0 Å². The maximum absolute atomic E-state index is 12.0. The van der Waals surface area contributed by atoms with E-state index in [1.807, 2.05) is 0 Å². The zero-order valence-corrected chi connectivity index (χ0v) is 24.9. The number of rotatable bonds is 9. The van der Waals surface area contributed by atoms with Crippen molar-refractivity contribution in [3.8, 4) is 0 Å². The number of hydrogen-bond donors (Lipinski definition) is 2. The van der Waals surface area contributed by atoms with Crippen LogP contribution in [-0.4, -0.2) is 34.0 Å². The molecule has 2 saturated carbocycles. The second-order valence-electron chi connectivity index (χ2n) is 13.2. The van der Waals surface area contributed by atoms with E-state index in [4.69, 9.17) is 4.74 Å². The first-order valence-corrected chi connectivity index (χ1v) is 15.6. The van der Waals surface area contributed by atoms with Crippen LogP contribution in [0.25, 0.3) is 0 Å². The van der Waals surface area contributed by atoms with Crippen molar-refractivity contribution in [2.45, 2.75) is 117 Å². The third-order valence-corrected chi connectivity index (χ3v) is 10.2. The van der Waals surface area contributed by atoms with E-state index in [0.717, 1.165) is 63.4 Å². The van der Waals surface area contributed by atoms with Gasteiger partial charge in [-0.05, 0) is 107 Å². The van der Waals surface area contributed by atoms with Crippen molar-refractivity contribution in [2.75, 3.05) is 0 Å². The summed E-state index contributed by atoms with van der Waals surface area (Å²) in [6.45, 7) is 11.0. The van der Waals surface area contributed by atoms with Crippen molar-refractivity contribution < 1.29 is 19.7 Å². The fraction of sp³-hybridized carbons (Fsp3) is 0.686. The van der Waals surface area contributed by atoms with Crippen molar-refractivity contribution in [1.29, 1.82) is 0 Å². The summed E-state index contributed by atoms with van der Waals surface area (Å²) < 4.78 is 6.67. The molecule has 0 bridgehead atoms. The van der Waals surface area contributed by atoms with Crippen LogP contribution in [0.1, 0.15) is 98.8 Å². The molecule has 0 amide bonds. The Bertz CT molecular complexity index is 1020. The topological polar surface area (TPSA) is 66.8 Å². The molecule has 9 unspecified atom stereocenters. The molecule has 0 aromatic carbocycles. The molecule has 4 heteroatoms. The number of fused-ring (bicyclic) bond motifs is 1. The van der Waals surface area contributed by atoms with Crippen LogP contribution in [0.4, 0.5) is 0 Å². The molecule has 39 heavy (non-hydrogen) atoms. The lowest BCUT2D eigenvalue weighted by atomic mass is 9.70. The highest BCUT2D eigenvalue weighted by molar-refractivity contribution is 5.70. The van der Waals surface area contributed by atoms with Crippen LogP contribution in [0.15, 0.2) is 59.3 Å². The normalized spacial score (nSPS) is 38.8. The van der Waals surface area contributed by atoms with E-state index in [0.29, 0.717) is 36.0 Å². The van der Waals surface area contributed by atoms with E-state index in [-0.39, 0.29) is 18.1 Å². The third kappa shape index (κ3) is 7.24. The second kappa shape index (κ2) is 13.2. The van der Waals surface area contributed by atoms with Gasteiger partial charge in [0, 0.05) is 0 Å². The van der Waals surface area contributed by atoms with Crippen molar-refractivity contribution in [2.24, 2.45) is 35.5 Å². The van der Waals surface area contributed by atoms with Gasteiger partial charge in [-0.25, -0.2) is 0 Å². The van der Waals surface area contributed by atoms with E-state index < -0.39 is 11.6 Å². The Kier molecular flexibility index (Phi) is 10.1. The van der Waals surface area contributed by atoms with Crippen molar-refractivity contribution in [3.63, 3.8) is 0 Å². The maximum Gasteiger partial charge on any atom is 0.306 e. The first kappa shape index (κ1) is 30.1. The Morgan fingerprint density at radius 2 is 2.10 bits per heavy atom. The molecular formula is C35H52O4. The van der Waals surface area contributed by atoms with Gasteiger partial charge in [-0.15, -0.1) is 0 Å². The molecule has 4 nitrogen and oxygen atoms in total. The lowest BCUT2D eigenvalue weighted by Gasteiger charge is -2.46. The van der Waals surface area contributed by atoms with Crippen LogP contribution >= 0.6 is 0 Å².